The zero-order valence-electron chi connectivity index (χ0n) is 30.9. The third-order valence-electron chi connectivity index (χ3n) is 8.75. The van der Waals surface area contributed by atoms with Gasteiger partial charge < -0.3 is 51.6 Å². The van der Waals surface area contributed by atoms with Gasteiger partial charge in [0.2, 0.25) is 12.3 Å². The minimum absolute atomic E-state index is 0. The predicted molar refractivity (Wildman–Crippen MR) is 200 cm³/mol. The molecular formula is C36H52FN6O10P. The van der Waals surface area contributed by atoms with E-state index in [9.17, 15) is 37.9 Å². The van der Waals surface area contributed by atoms with Gasteiger partial charge in [0, 0.05) is 18.7 Å². The van der Waals surface area contributed by atoms with E-state index in [1.165, 1.54) is 42.5 Å². The van der Waals surface area contributed by atoms with Crippen molar-refractivity contribution in [3.8, 4) is 17.1 Å². The molecule has 0 spiro atoms. The highest BCUT2D eigenvalue weighted by atomic mass is 31.2. The van der Waals surface area contributed by atoms with E-state index in [4.69, 9.17) is 14.0 Å². The molecule has 1 saturated heterocycles. The second-order valence-electron chi connectivity index (χ2n) is 12.4. The normalized spacial score (nSPS) is 13.5. The maximum absolute atomic E-state index is 14.9. The Bertz CT molecular complexity index is 1760. The number of benzene rings is 2. The predicted octanol–water partition coefficient (Wildman–Crippen LogP) is 5.22. The maximum atomic E-state index is 14.9. The van der Waals surface area contributed by atoms with Gasteiger partial charge in [-0.1, -0.05) is 33.1 Å². The highest BCUT2D eigenvalue weighted by Gasteiger charge is 2.34. The van der Waals surface area contributed by atoms with Gasteiger partial charge in [-0.05, 0) is 81.1 Å². The summed E-state index contributed by atoms with van der Waals surface area (Å²) in [4.78, 5) is 78.4. The van der Waals surface area contributed by atoms with E-state index >= 15 is 0 Å². The highest BCUT2D eigenvalue weighted by molar-refractivity contribution is 7.60. The van der Waals surface area contributed by atoms with Crippen molar-refractivity contribution < 1.29 is 51.9 Å². The first-order chi connectivity index (χ1) is 24.9. The van der Waals surface area contributed by atoms with E-state index in [0.29, 0.717) is 24.9 Å². The molecule has 298 valence electrons. The van der Waals surface area contributed by atoms with Crippen LogP contribution in [0.5, 0.6) is 5.75 Å². The number of hydrogen-bond acceptors (Lipinski definition) is 11. The molecule has 1 aromatic heterocycles. The average Bonchev–Trinajstić information content (AvgIpc) is 3.84. The minimum Gasteiger partial charge on any atom is -0.494 e. The maximum Gasteiger partial charge on any atom is 0.363 e. The molecule has 1 fully saturated rings. The van der Waals surface area contributed by atoms with E-state index in [0.717, 1.165) is 49.9 Å². The fraction of sp³-hybridized carbons (Fsp3) is 0.444. The van der Waals surface area contributed by atoms with Gasteiger partial charge in [-0.2, -0.15) is 5.06 Å². The summed E-state index contributed by atoms with van der Waals surface area (Å²) in [6, 6.07) is 10.0. The van der Waals surface area contributed by atoms with Gasteiger partial charge in [-0.15, -0.1) is 0 Å². The molecule has 4 rings (SSSR count). The van der Waals surface area contributed by atoms with Crippen LogP contribution in [0.15, 0.2) is 52.9 Å². The standard InChI is InChI=1S/C36H46FN4O10P.2H3N/c1-4-7-8-11-28(30(5-2)41(23-42)51-36(45)24-12-13-31(29(37)20-24)40-16-9-10-17-40)34(43)38-22-39-35(44)33-15-14-32(50-33)25-18-26(49-6-3)21-27(19-25)52(46,47)48;;/h12-15,18-21,23,28,30H,4-11,16-17,22H2,1-3H3,(H,38,43)(H,39,44)(H2,46,47,48);2*1H3/t28-,30-;;/m1../s1. The van der Waals surface area contributed by atoms with Gasteiger partial charge in [-0.3, -0.25) is 18.9 Å². The van der Waals surface area contributed by atoms with Crippen LogP contribution in [0.1, 0.15) is 86.6 Å². The summed E-state index contributed by atoms with van der Waals surface area (Å²) in [6.07, 6.45) is 5.16. The molecule has 18 heteroatoms. The van der Waals surface area contributed by atoms with E-state index in [-0.39, 0.29) is 65.7 Å². The number of rotatable bonds is 19. The van der Waals surface area contributed by atoms with Gasteiger partial charge >= 0.3 is 13.6 Å². The second-order valence-corrected chi connectivity index (χ2v) is 14.0. The Labute approximate surface area is 314 Å². The Morgan fingerprint density at radius 1 is 1.02 bits per heavy atom. The van der Waals surface area contributed by atoms with Crippen molar-refractivity contribution >= 4 is 42.8 Å². The number of unbranched alkanes of at least 4 members (excludes halogenated alkanes) is 2. The summed E-state index contributed by atoms with van der Waals surface area (Å²) in [6.45, 7) is 6.86. The summed E-state index contributed by atoms with van der Waals surface area (Å²) in [7, 11) is -4.62. The van der Waals surface area contributed by atoms with Crippen molar-refractivity contribution in [2.75, 3.05) is 31.3 Å². The number of anilines is 1. The molecule has 54 heavy (non-hydrogen) atoms. The fourth-order valence-electron chi connectivity index (χ4n) is 6.11. The van der Waals surface area contributed by atoms with Crippen molar-refractivity contribution in [3.63, 3.8) is 0 Å². The van der Waals surface area contributed by atoms with Gasteiger partial charge in [-0.25, -0.2) is 9.18 Å². The first-order valence-corrected chi connectivity index (χ1v) is 19.0. The number of furan rings is 1. The summed E-state index contributed by atoms with van der Waals surface area (Å²) in [5, 5.41) is 5.73. The number of carbonyl (C=O) groups excluding carboxylic acids is 4. The van der Waals surface area contributed by atoms with Crippen LogP contribution in [0.4, 0.5) is 10.1 Å². The molecule has 1 aliphatic heterocycles. The van der Waals surface area contributed by atoms with Gasteiger partial charge in [0.05, 0.1) is 41.8 Å². The lowest BCUT2D eigenvalue weighted by Crippen LogP contribution is -2.49. The fourth-order valence-corrected chi connectivity index (χ4v) is 6.71. The molecule has 2 atom stereocenters. The van der Waals surface area contributed by atoms with Crippen LogP contribution in [0.25, 0.3) is 11.3 Å². The smallest absolute Gasteiger partial charge is 0.363 e. The molecule has 0 unspecified atom stereocenters. The largest absolute Gasteiger partial charge is 0.494 e. The van der Waals surface area contributed by atoms with Crippen LogP contribution in [0.2, 0.25) is 0 Å². The number of carbonyl (C=O) groups is 4. The second kappa shape index (κ2) is 21.2. The number of nitrogens with zero attached hydrogens (tertiary/aromatic N) is 2. The Balaban J connectivity index is 0.00000504. The monoisotopic (exact) mass is 778 g/mol. The first-order valence-electron chi connectivity index (χ1n) is 17.4. The van der Waals surface area contributed by atoms with Crippen LogP contribution in [0, 0.1) is 11.7 Å². The molecular weight excluding hydrogens is 726 g/mol. The third kappa shape index (κ3) is 11.9. The highest BCUT2D eigenvalue weighted by Crippen LogP contribution is 2.37. The van der Waals surface area contributed by atoms with Gasteiger partial charge in [0.25, 0.3) is 5.91 Å². The van der Waals surface area contributed by atoms with Crippen molar-refractivity contribution in [2.45, 2.75) is 71.8 Å². The van der Waals surface area contributed by atoms with Crippen molar-refractivity contribution in [1.29, 1.82) is 0 Å². The SMILES string of the molecule is CCCCC[C@@H](C(=O)NCNC(=O)c1ccc(-c2cc(OCC)cc(P(=O)(O)O)c2)o1)[C@@H](CC)N(C=O)OC(=O)c1ccc(N2CCCC2)c(F)c1.N.N. The Morgan fingerprint density at radius 2 is 1.74 bits per heavy atom. The van der Waals surface area contributed by atoms with Crippen LogP contribution in [-0.4, -0.2) is 71.5 Å². The topological polar surface area (TPSA) is 258 Å². The average molecular weight is 779 g/mol. The zero-order valence-corrected chi connectivity index (χ0v) is 31.8. The lowest BCUT2D eigenvalue weighted by molar-refractivity contribution is -0.171. The van der Waals surface area contributed by atoms with E-state index in [2.05, 4.69) is 10.6 Å². The van der Waals surface area contributed by atoms with E-state index in [1.807, 2.05) is 11.8 Å². The molecule has 3 aromatic rings. The van der Waals surface area contributed by atoms with Crippen LogP contribution in [0.3, 0.4) is 0 Å². The van der Waals surface area contributed by atoms with Crippen molar-refractivity contribution in [1.82, 2.24) is 28.0 Å². The number of amides is 3. The molecule has 16 nitrogen and oxygen atoms in total. The molecule has 0 saturated carbocycles. The molecule has 0 aliphatic carbocycles. The molecule has 0 radical (unpaired) electrons. The molecule has 10 N–H and O–H groups in total. The summed E-state index contributed by atoms with van der Waals surface area (Å²) in [5.74, 6) is -3.27. The molecule has 1 aliphatic rings. The molecule has 0 bridgehead atoms. The lowest BCUT2D eigenvalue weighted by Gasteiger charge is -2.31. The summed E-state index contributed by atoms with van der Waals surface area (Å²) < 4.78 is 37.9. The van der Waals surface area contributed by atoms with E-state index < -0.39 is 43.2 Å². The zero-order chi connectivity index (χ0) is 37.8. The minimum atomic E-state index is -4.62. The van der Waals surface area contributed by atoms with Gasteiger partial charge in [0.1, 0.15) is 17.3 Å². The molecule has 2 aromatic carbocycles. The Hall–Kier alpha value is -4.80. The number of hydroxylamine groups is 2. The third-order valence-corrected chi connectivity index (χ3v) is 9.68. The number of nitrogens with one attached hydrogen (secondary N) is 2. The first kappa shape index (κ1) is 45.4. The summed E-state index contributed by atoms with van der Waals surface area (Å²) >= 11 is 0. The lowest BCUT2D eigenvalue weighted by atomic mass is 9.90. The number of ether oxygens (including phenoxy) is 1. The Kier molecular flexibility index (Phi) is 17.8. The van der Waals surface area contributed by atoms with Crippen LogP contribution >= 0.6 is 7.60 Å². The van der Waals surface area contributed by atoms with Crippen molar-refractivity contribution in [2.24, 2.45) is 5.92 Å². The quantitative estimate of drug-likeness (QED) is 0.0300. The summed E-state index contributed by atoms with van der Waals surface area (Å²) in [5.41, 5.74) is 0.591. The van der Waals surface area contributed by atoms with E-state index in [1.54, 1.807) is 13.8 Å². The Morgan fingerprint density at radius 3 is 2.35 bits per heavy atom. The molecule has 3 amide bonds. The van der Waals surface area contributed by atoms with Crippen LogP contribution < -0.4 is 37.9 Å². The van der Waals surface area contributed by atoms with Crippen molar-refractivity contribution in [3.05, 3.63) is 65.7 Å². The van der Waals surface area contributed by atoms with Gasteiger partial charge in [0.15, 0.2) is 5.76 Å². The molecule has 2 heterocycles. The van der Waals surface area contributed by atoms with Crippen LogP contribution in [-0.2, 0) is 19.0 Å². The number of hydrogen-bond donors (Lipinski definition) is 6. The number of halogens is 1.